The minimum atomic E-state index is -0.439. The first-order valence-corrected chi connectivity index (χ1v) is 9.09. The number of carbonyl (C=O) groups excluding carboxylic acids is 1. The Hall–Kier alpha value is -2.86. The topological polar surface area (TPSA) is 77.8 Å². The third-order valence-electron chi connectivity index (χ3n) is 4.83. The zero-order valence-corrected chi connectivity index (χ0v) is 15.1. The monoisotopic (exact) mass is 367 g/mol. The molecule has 1 N–H and O–H groups in total. The molecule has 1 fully saturated rings. The molecule has 0 unspecified atom stereocenters. The van der Waals surface area contributed by atoms with Gasteiger partial charge in [0.15, 0.2) is 0 Å². The first kappa shape index (κ1) is 17.5. The summed E-state index contributed by atoms with van der Waals surface area (Å²) in [7, 11) is 0. The van der Waals surface area contributed by atoms with Crippen molar-refractivity contribution in [3.63, 3.8) is 0 Å². The van der Waals surface area contributed by atoms with E-state index < -0.39 is 5.63 Å². The van der Waals surface area contributed by atoms with Gasteiger partial charge in [-0.15, -0.1) is 0 Å². The van der Waals surface area contributed by atoms with E-state index in [0.717, 1.165) is 36.8 Å². The summed E-state index contributed by atoms with van der Waals surface area (Å²) in [5, 5.41) is 4.73. The first-order chi connectivity index (χ1) is 13.1. The van der Waals surface area contributed by atoms with Gasteiger partial charge in [-0.2, -0.15) is 0 Å². The standard InChI is InChI=1S/C21H21NO5/c1-13(23)22-15-2-4-17-18-5-3-16(26-12-14-6-8-25-9-7-14)11-20(18)27-21(24)19(17)10-15/h2-5,10-11,14H,6-9,12H2,1H3,(H,22,23). The Morgan fingerprint density at radius 3 is 2.67 bits per heavy atom. The predicted molar refractivity (Wildman–Crippen MR) is 103 cm³/mol. The smallest absolute Gasteiger partial charge is 0.344 e. The molecule has 0 spiro atoms. The van der Waals surface area contributed by atoms with Gasteiger partial charge in [0.2, 0.25) is 5.91 Å². The molecule has 140 valence electrons. The van der Waals surface area contributed by atoms with Crippen molar-refractivity contribution in [2.75, 3.05) is 25.1 Å². The molecule has 0 aliphatic carbocycles. The molecular formula is C21H21NO5. The van der Waals surface area contributed by atoms with Crippen LogP contribution in [-0.4, -0.2) is 25.7 Å². The fourth-order valence-electron chi connectivity index (χ4n) is 3.41. The van der Waals surface area contributed by atoms with Crippen molar-refractivity contribution in [1.29, 1.82) is 0 Å². The van der Waals surface area contributed by atoms with E-state index in [-0.39, 0.29) is 5.91 Å². The van der Waals surface area contributed by atoms with Crippen LogP contribution < -0.4 is 15.7 Å². The summed E-state index contributed by atoms with van der Waals surface area (Å²) >= 11 is 0. The van der Waals surface area contributed by atoms with Crippen LogP contribution in [0.4, 0.5) is 5.69 Å². The van der Waals surface area contributed by atoms with Crippen molar-refractivity contribution in [3.8, 4) is 5.75 Å². The number of anilines is 1. The average Bonchev–Trinajstić information content (AvgIpc) is 2.67. The van der Waals surface area contributed by atoms with Gasteiger partial charge in [-0.05, 0) is 43.0 Å². The molecule has 0 atom stereocenters. The predicted octanol–water partition coefficient (Wildman–Crippen LogP) is 3.71. The number of amides is 1. The maximum absolute atomic E-state index is 12.4. The number of benzene rings is 2. The molecule has 6 heteroatoms. The van der Waals surface area contributed by atoms with Crippen molar-refractivity contribution < 1.29 is 18.7 Å². The van der Waals surface area contributed by atoms with Crippen LogP contribution in [0, 0.1) is 5.92 Å². The number of hydrogen-bond acceptors (Lipinski definition) is 5. The Morgan fingerprint density at radius 1 is 1.11 bits per heavy atom. The third kappa shape index (κ3) is 3.80. The van der Waals surface area contributed by atoms with Crippen molar-refractivity contribution in [1.82, 2.24) is 0 Å². The minimum absolute atomic E-state index is 0.189. The van der Waals surface area contributed by atoms with E-state index in [4.69, 9.17) is 13.9 Å². The highest BCUT2D eigenvalue weighted by Crippen LogP contribution is 2.28. The zero-order chi connectivity index (χ0) is 18.8. The molecule has 1 saturated heterocycles. The number of rotatable bonds is 4. The summed E-state index contributed by atoms with van der Waals surface area (Å²) in [4.78, 5) is 23.6. The van der Waals surface area contributed by atoms with Crippen LogP contribution in [0.2, 0.25) is 0 Å². The van der Waals surface area contributed by atoms with E-state index in [1.807, 2.05) is 18.2 Å². The summed E-state index contributed by atoms with van der Waals surface area (Å²) in [5.74, 6) is 0.988. The molecule has 6 nitrogen and oxygen atoms in total. The lowest BCUT2D eigenvalue weighted by atomic mass is 10.0. The van der Waals surface area contributed by atoms with Gasteiger partial charge < -0.3 is 19.2 Å². The highest BCUT2D eigenvalue weighted by molar-refractivity contribution is 6.06. The summed E-state index contributed by atoms with van der Waals surface area (Å²) in [6.45, 7) is 3.63. The highest BCUT2D eigenvalue weighted by atomic mass is 16.5. The molecule has 1 aliphatic rings. The van der Waals surface area contributed by atoms with Crippen LogP contribution in [-0.2, 0) is 9.53 Å². The Kier molecular flexibility index (Phi) is 4.81. The second-order valence-electron chi connectivity index (χ2n) is 6.86. The Labute approximate surface area is 156 Å². The third-order valence-corrected chi connectivity index (χ3v) is 4.83. The Balaban J connectivity index is 1.64. The SMILES string of the molecule is CC(=O)Nc1ccc2c(c1)c(=O)oc1cc(OCC3CCOCC3)ccc12. The van der Waals surface area contributed by atoms with Gasteiger partial charge in [0.25, 0.3) is 0 Å². The molecule has 1 aromatic heterocycles. The molecule has 0 radical (unpaired) electrons. The van der Waals surface area contributed by atoms with Crippen LogP contribution in [0.1, 0.15) is 19.8 Å². The molecule has 2 heterocycles. The summed E-state index contributed by atoms with van der Waals surface area (Å²) in [5.41, 5.74) is 0.619. The maximum Gasteiger partial charge on any atom is 0.344 e. The lowest BCUT2D eigenvalue weighted by Crippen LogP contribution is -2.21. The van der Waals surface area contributed by atoms with Gasteiger partial charge in [-0.25, -0.2) is 4.79 Å². The summed E-state index contributed by atoms with van der Waals surface area (Å²) in [6, 6.07) is 10.8. The number of fused-ring (bicyclic) bond motifs is 3. The molecule has 1 amide bonds. The number of hydrogen-bond donors (Lipinski definition) is 1. The number of nitrogens with one attached hydrogen (secondary N) is 1. The van der Waals surface area contributed by atoms with Crippen molar-refractivity contribution in [3.05, 3.63) is 46.8 Å². The normalized spacial score (nSPS) is 15.1. The molecular weight excluding hydrogens is 346 g/mol. The van der Waals surface area contributed by atoms with E-state index in [1.54, 1.807) is 18.2 Å². The van der Waals surface area contributed by atoms with Crippen LogP contribution in [0.5, 0.6) is 5.75 Å². The second-order valence-corrected chi connectivity index (χ2v) is 6.86. The Morgan fingerprint density at radius 2 is 1.89 bits per heavy atom. The zero-order valence-electron chi connectivity index (χ0n) is 15.1. The van der Waals surface area contributed by atoms with E-state index >= 15 is 0 Å². The number of carbonyl (C=O) groups is 1. The van der Waals surface area contributed by atoms with Gasteiger partial charge in [-0.3, -0.25) is 4.79 Å². The quantitative estimate of drug-likeness (QED) is 0.562. The summed E-state index contributed by atoms with van der Waals surface area (Å²) in [6.07, 6.45) is 2.01. The Bertz CT molecular complexity index is 1050. The fraction of sp³-hybridized carbons (Fsp3) is 0.333. The van der Waals surface area contributed by atoms with E-state index in [9.17, 15) is 9.59 Å². The van der Waals surface area contributed by atoms with Gasteiger partial charge >= 0.3 is 5.63 Å². The first-order valence-electron chi connectivity index (χ1n) is 9.09. The number of ether oxygens (including phenoxy) is 2. The van der Waals surface area contributed by atoms with Crippen LogP contribution in [0.3, 0.4) is 0 Å². The molecule has 3 aromatic rings. The molecule has 2 aromatic carbocycles. The molecule has 0 saturated carbocycles. The van der Waals surface area contributed by atoms with Gasteiger partial charge in [0, 0.05) is 42.7 Å². The lowest BCUT2D eigenvalue weighted by molar-refractivity contribution is -0.114. The lowest BCUT2D eigenvalue weighted by Gasteiger charge is -2.22. The van der Waals surface area contributed by atoms with E-state index in [1.165, 1.54) is 6.92 Å². The molecule has 4 rings (SSSR count). The van der Waals surface area contributed by atoms with Gasteiger partial charge in [0.1, 0.15) is 11.3 Å². The van der Waals surface area contributed by atoms with Crippen molar-refractivity contribution in [2.45, 2.75) is 19.8 Å². The van der Waals surface area contributed by atoms with Gasteiger partial charge in [-0.1, -0.05) is 6.07 Å². The molecule has 0 bridgehead atoms. The van der Waals surface area contributed by atoms with Crippen LogP contribution in [0.15, 0.2) is 45.6 Å². The maximum atomic E-state index is 12.4. The van der Waals surface area contributed by atoms with E-state index in [2.05, 4.69) is 5.32 Å². The van der Waals surface area contributed by atoms with Crippen molar-refractivity contribution in [2.24, 2.45) is 5.92 Å². The summed E-state index contributed by atoms with van der Waals surface area (Å²) < 4.78 is 16.8. The van der Waals surface area contributed by atoms with Crippen LogP contribution >= 0.6 is 0 Å². The minimum Gasteiger partial charge on any atom is -0.493 e. The highest BCUT2D eigenvalue weighted by Gasteiger charge is 2.15. The average molecular weight is 367 g/mol. The van der Waals surface area contributed by atoms with Crippen molar-refractivity contribution >= 4 is 33.3 Å². The second kappa shape index (κ2) is 7.40. The largest absolute Gasteiger partial charge is 0.493 e. The molecule has 1 aliphatic heterocycles. The van der Waals surface area contributed by atoms with Crippen LogP contribution in [0.25, 0.3) is 21.7 Å². The van der Waals surface area contributed by atoms with Gasteiger partial charge in [0.05, 0.1) is 12.0 Å². The van der Waals surface area contributed by atoms with E-state index in [0.29, 0.717) is 34.9 Å². The fourth-order valence-corrected chi connectivity index (χ4v) is 3.41. The molecule has 27 heavy (non-hydrogen) atoms.